The summed E-state index contributed by atoms with van der Waals surface area (Å²) in [4.78, 5) is 28.0. The van der Waals surface area contributed by atoms with E-state index in [9.17, 15) is 9.59 Å². The molecule has 6 heteroatoms. The fourth-order valence-corrected chi connectivity index (χ4v) is 4.21. The maximum absolute atomic E-state index is 13.3. The lowest BCUT2D eigenvalue weighted by Gasteiger charge is -2.15. The summed E-state index contributed by atoms with van der Waals surface area (Å²) in [6, 6.07) is 18.0. The number of aryl methyl sites for hydroxylation is 1. The second-order valence-electron chi connectivity index (χ2n) is 6.36. The number of carbonyl (C=O) groups excluding carboxylic acids is 2. The number of carbonyl (C=O) groups is 2. The molecular weight excluding hydrogens is 394 g/mol. The minimum absolute atomic E-state index is 0.348. The molecule has 4 nitrogen and oxygen atoms in total. The van der Waals surface area contributed by atoms with E-state index in [2.05, 4.69) is 0 Å². The van der Waals surface area contributed by atoms with E-state index < -0.39 is 0 Å². The van der Waals surface area contributed by atoms with Crippen LogP contribution >= 0.6 is 23.4 Å². The molecule has 140 valence electrons. The quantitative estimate of drug-likeness (QED) is 0.525. The molecule has 0 N–H and O–H groups in total. The van der Waals surface area contributed by atoms with Crippen LogP contribution in [0.1, 0.15) is 16.9 Å². The van der Waals surface area contributed by atoms with E-state index >= 15 is 0 Å². The van der Waals surface area contributed by atoms with Crippen LogP contribution in [-0.2, 0) is 15.3 Å². The van der Waals surface area contributed by atoms with E-state index in [-0.39, 0.29) is 11.8 Å². The molecule has 1 aromatic heterocycles. The van der Waals surface area contributed by atoms with Gasteiger partial charge in [-0.05, 0) is 42.8 Å². The van der Waals surface area contributed by atoms with E-state index in [0.29, 0.717) is 26.9 Å². The molecule has 0 bridgehead atoms. The van der Waals surface area contributed by atoms with Gasteiger partial charge in [-0.15, -0.1) is 11.8 Å². The highest BCUT2D eigenvalue weighted by atomic mass is 35.5. The number of thioether (sulfide) groups is 1. The van der Waals surface area contributed by atoms with Crippen molar-refractivity contribution >= 4 is 46.4 Å². The molecule has 2 heterocycles. The van der Waals surface area contributed by atoms with Gasteiger partial charge in [0.2, 0.25) is 0 Å². The van der Waals surface area contributed by atoms with Crippen LogP contribution in [0.2, 0.25) is 5.02 Å². The van der Waals surface area contributed by atoms with Crippen LogP contribution in [0, 0.1) is 6.92 Å². The van der Waals surface area contributed by atoms with Crippen molar-refractivity contribution in [2.75, 3.05) is 4.90 Å². The predicted molar refractivity (Wildman–Crippen MR) is 112 cm³/mol. The average molecular weight is 410 g/mol. The van der Waals surface area contributed by atoms with Crippen molar-refractivity contribution in [2.24, 2.45) is 0 Å². The normalized spacial score (nSPS) is 14.3. The zero-order chi connectivity index (χ0) is 19.7. The van der Waals surface area contributed by atoms with Gasteiger partial charge in [-0.2, -0.15) is 0 Å². The lowest BCUT2D eigenvalue weighted by Crippen LogP contribution is -2.31. The van der Waals surface area contributed by atoms with Gasteiger partial charge in [0.05, 0.1) is 28.2 Å². The van der Waals surface area contributed by atoms with Gasteiger partial charge in [0.15, 0.2) is 0 Å². The first kappa shape index (κ1) is 18.6. The largest absolute Gasteiger partial charge is 0.468 e. The van der Waals surface area contributed by atoms with Crippen molar-refractivity contribution in [2.45, 2.75) is 12.7 Å². The molecule has 4 rings (SSSR count). The Hall–Kier alpha value is -2.76. The summed E-state index contributed by atoms with van der Waals surface area (Å²) in [6.07, 6.45) is 1.59. The van der Waals surface area contributed by atoms with Crippen LogP contribution in [0.3, 0.4) is 0 Å². The van der Waals surface area contributed by atoms with E-state index in [1.165, 1.54) is 16.7 Å². The fourth-order valence-electron chi connectivity index (χ4n) is 3.01. The monoisotopic (exact) mass is 409 g/mol. The molecule has 0 saturated carbocycles. The summed E-state index contributed by atoms with van der Waals surface area (Å²) in [7, 11) is 0. The Labute approximate surface area is 171 Å². The number of amides is 2. The molecule has 0 spiro atoms. The van der Waals surface area contributed by atoms with Gasteiger partial charge < -0.3 is 4.42 Å². The predicted octanol–water partition coefficient (Wildman–Crippen LogP) is 5.46. The number of halogens is 1. The molecule has 0 aliphatic carbocycles. The Morgan fingerprint density at radius 3 is 2.46 bits per heavy atom. The van der Waals surface area contributed by atoms with Gasteiger partial charge >= 0.3 is 0 Å². The van der Waals surface area contributed by atoms with E-state index in [0.717, 1.165) is 16.9 Å². The van der Waals surface area contributed by atoms with Crippen LogP contribution in [0.15, 0.2) is 76.2 Å². The van der Waals surface area contributed by atoms with Crippen molar-refractivity contribution < 1.29 is 14.0 Å². The SMILES string of the molecule is Cc1ccc(C2=C(SCc3ccco3)C(=O)N(c3cccc(Cl)c3)C2=O)cc1. The summed E-state index contributed by atoms with van der Waals surface area (Å²) in [6.45, 7) is 1.98. The topological polar surface area (TPSA) is 50.5 Å². The van der Waals surface area contributed by atoms with Gasteiger partial charge in [0.25, 0.3) is 11.8 Å². The van der Waals surface area contributed by atoms with Crippen molar-refractivity contribution in [3.8, 4) is 0 Å². The summed E-state index contributed by atoms with van der Waals surface area (Å²) in [5.41, 5.74) is 2.66. The zero-order valence-corrected chi connectivity index (χ0v) is 16.6. The van der Waals surface area contributed by atoms with Crippen LogP contribution < -0.4 is 4.90 Å². The Bertz CT molecular complexity index is 1070. The summed E-state index contributed by atoms with van der Waals surface area (Å²) in [5, 5.41) is 0.465. The molecule has 0 saturated heterocycles. The standard InChI is InChI=1S/C22H16ClNO3S/c1-14-7-9-15(10-8-14)19-20(28-13-18-6-3-11-27-18)22(26)24(21(19)25)17-5-2-4-16(23)12-17/h2-12H,13H2,1H3. The number of hydrogen-bond donors (Lipinski definition) is 0. The molecule has 2 amide bonds. The smallest absolute Gasteiger partial charge is 0.272 e. The minimum atomic E-state index is -0.349. The maximum atomic E-state index is 13.3. The Morgan fingerprint density at radius 1 is 1.00 bits per heavy atom. The van der Waals surface area contributed by atoms with Gasteiger partial charge in [-0.25, -0.2) is 4.90 Å². The third-order valence-electron chi connectivity index (χ3n) is 4.39. The van der Waals surface area contributed by atoms with Crippen LogP contribution in [0.4, 0.5) is 5.69 Å². The Kier molecular flexibility index (Phi) is 5.11. The maximum Gasteiger partial charge on any atom is 0.272 e. The van der Waals surface area contributed by atoms with Crippen molar-refractivity contribution in [3.05, 3.63) is 93.7 Å². The first-order valence-electron chi connectivity index (χ1n) is 8.65. The molecule has 0 fully saturated rings. The molecule has 0 radical (unpaired) electrons. The van der Waals surface area contributed by atoms with E-state index in [4.69, 9.17) is 16.0 Å². The lowest BCUT2D eigenvalue weighted by atomic mass is 10.0. The van der Waals surface area contributed by atoms with Crippen molar-refractivity contribution in [1.29, 1.82) is 0 Å². The molecule has 1 aliphatic heterocycles. The third kappa shape index (κ3) is 3.51. The highest BCUT2D eigenvalue weighted by Gasteiger charge is 2.40. The van der Waals surface area contributed by atoms with Gasteiger partial charge in [0.1, 0.15) is 5.76 Å². The van der Waals surface area contributed by atoms with Crippen molar-refractivity contribution in [1.82, 2.24) is 0 Å². The molecule has 28 heavy (non-hydrogen) atoms. The average Bonchev–Trinajstić information content (AvgIpc) is 3.27. The van der Waals surface area contributed by atoms with Gasteiger partial charge in [0, 0.05) is 5.02 Å². The van der Waals surface area contributed by atoms with Crippen LogP contribution in [-0.4, -0.2) is 11.8 Å². The number of benzene rings is 2. The molecular formula is C22H16ClNO3S. The second kappa shape index (κ2) is 7.70. The third-order valence-corrected chi connectivity index (χ3v) is 5.72. The molecule has 0 unspecified atom stereocenters. The minimum Gasteiger partial charge on any atom is -0.468 e. The lowest BCUT2D eigenvalue weighted by molar-refractivity contribution is -0.119. The van der Waals surface area contributed by atoms with Crippen LogP contribution in [0.5, 0.6) is 0 Å². The van der Waals surface area contributed by atoms with E-state index in [1.54, 1.807) is 36.6 Å². The molecule has 0 atom stereocenters. The first-order valence-corrected chi connectivity index (χ1v) is 10.0. The van der Waals surface area contributed by atoms with Crippen LogP contribution in [0.25, 0.3) is 5.57 Å². The number of nitrogens with zero attached hydrogens (tertiary/aromatic N) is 1. The number of furan rings is 1. The molecule has 2 aromatic carbocycles. The molecule has 1 aliphatic rings. The zero-order valence-electron chi connectivity index (χ0n) is 15.0. The Balaban J connectivity index is 1.76. The highest BCUT2D eigenvalue weighted by Crippen LogP contribution is 2.40. The Morgan fingerprint density at radius 2 is 1.79 bits per heavy atom. The van der Waals surface area contributed by atoms with Gasteiger partial charge in [-0.1, -0.05) is 47.5 Å². The number of anilines is 1. The second-order valence-corrected chi connectivity index (χ2v) is 7.79. The van der Waals surface area contributed by atoms with Gasteiger partial charge in [-0.3, -0.25) is 9.59 Å². The summed E-state index contributed by atoms with van der Waals surface area (Å²) in [5.74, 6) is 0.500. The fraction of sp³-hybridized carbons (Fsp3) is 0.0909. The molecule has 3 aromatic rings. The van der Waals surface area contributed by atoms with Crippen molar-refractivity contribution in [3.63, 3.8) is 0 Å². The number of hydrogen-bond acceptors (Lipinski definition) is 4. The highest BCUT2D eigenvalue weighted by molar-refractivity contribution is 8.03. The van der Waals surface area contributed by atoms with E-state index in [1.807, 2.05) is 37.3 Å². The number of imide groups is 1. The number of rotatable bonds is 5. The summed E-state index contributed by atoms with van der Waals surface area (Å²) >= 11 is 7.38. The first-order chi connectivity index (χ1) is 13.5. The summed E-state index contributed by atoms with van der Waals surface area (Å²) < 4.78 is 5.37.